The van der Waals surface area contributed by atoms with Gasteiger partial charge in [-0.15, -0.1) is 0 Å². The molecule has 1 saturated heterocycles. The Balaban J connectivity index is 2.21. The van der Waals surface area contributed by atoms with E-state index in [9.17, 15) is 31.5 Å². The second-order valence-corrected chi connectivity index (χ2v) is 5.70. The summed E-state index contributed by atoms with van der Waals surface area (Å²) in [7, 11) is 0. The number of hydrogen-bond acceptors (Lipinski definition) is 2. The lowest BCUT2D eigenvalue weighted by atomic mass is 9.93. The van der Waals surface area contributed by atoms with Gasteiger partial charge in [0.1, 0.15) is 12.6 Å². The molecule has 1 aromatic carbocycles. The molecule has 2 unspecified atom stereocenters. The van der Waals surface area contributed by atoms with Crippen molar-refractivity contribution < 1.29 is 36.6 Å². The standard InChI is InChI=1S/C15H15F5N2O3/c16-10-3-1-2-9(12(10)17)8-4-5-11(13(23)21-6-8)22(14(24)25)7-15(18,19)20/h1-3,8,11H,4-7H2,(H,21,23)(H,24,25). The van der Waals surface area contributed by atoms with E-state index in [-0.39, 0.29) is 29.8 Å². The minimum atomic E-state index is -4.81. The number of amides is 2. The van der Waals surface area contributed by atoms with E-state index in [2.05, 4.69) is 5.32 Å². The fourth-order valence-corrected chi connectivity index (χ4v) is 2.84. The van der Waals surface area contributed by atoms with E-state index < -0.39 is 48.3 Å². The highest BCUT2D eigenvalue weighted by Crippen LogP contribution is 2.29. The topological polar surface area (TPSA) is 69.6 Å². The fourth-order valence-electron chi connectivity index (χ4n) is 2.84. The SMILES string of the molecule is O=C1NCC(c2cccc(F)c2F)CCC1N(CC(F)(F)F)C(=O)O. The van der Waals surface area contributed by atoms with Crippen molar-refractivity contribution in [2.45, 2.75) is 31.0 Å². The Morgan fingerprint density at radius 3 is 2.56 bits per heavy atom. The van der Waals surface area contributed by atoms with Crippen LogP contribution in [-0.2, 0) is 4.79 Å². The van der Waals surface area contributed by atoms with Crippen LogP contribution in [0.2, 0.25) is 0 Å². The van der Waals surface area contributed by atoms with Crippen LogP contribution in [0.15, 0.2) is 18.2 Å². The molecule has 1 aliphatic rings. The Labute approximate surface area is 139 Å². The lowest BCUT2D eigenvalue weighted by Gasteiger charge is -2.27. The van der Waals surface area contributed by atoms with Crippen molar-refractivity contribution in [3.05, 3.63) is 35.4 Å². The summed E-state index contributed by atoms with van der Waals surface area (Å²) in [5.74, 6) is -3.74. The van der Waals surface area contributed by atoms with Crippen LogP contribution >= 0.6 is 0 Å². The summed E-state index contributed by atoms with van der Waals surface area (Å²) in [5, 5.41) is 11.3. The summed E-state index contributed by atoms with van der Waals surface area (Å²) in [5.41, 5.74) is -0.0151. The molecular weight excluding hydrogens is 351 g/mol. The van der Waals surface area contributed by atoms with Crippen LogP contribution < -0.4 is 5.32 Å². The average Bonchev–Trinajstić information content (AvgIpc) is 2.69. The molecule has 0 radical (unpaired) electrons. The summed E-state index contributed by atoms with van der Waals surface area (Å²) in [6.45, 7) is -1.92. The van der Waals surface area contributed by atoms with E-state index in [1.165, 1.54) is 12.1 Å². The number of carbonyl (C=O) groups excluding carboxylic acids is 1. The van der Waals surface area contributed by atoms with Crippen molar-refractivity contribution in [1.82, 2.24) is 10.2 Å². The lowest BCUT2D eigenvalue weighted by Crippen LogP contribution is -2.51. The van der Waals surface area contributed by atoms with Crippen molar-refractivity contribution in [2.24, 2.45) is 0 Å². The van der Waals surface area contributed by atoms with E-state index in [1.807, 2.05) is 0 Å². The molecule has 1 aromatic rings. The van der Waals surface area contributed by atoms with Gasteiger partial charge in [-0.25, -0.2) is 13.6 Å². The van der Waals surface area contributed by atoms with Crippen LogP contribution in [0.1, 0.15) is 24.3 Å². The molecule has 10 heteroatoms. The number of carboxylic acid groups (broad SMARTS) is 1. The molecule has 0 aromatic heterocycles. The number of carbonyl (C=O) groups is 2. The monoisotopic (exact) mass is 366 g/mol. The van der Waals surface area contributed by atoms with Crippen molar-refractivity contribution in [2.75, 3.05) is 13.1 Å². The minimum Gasteiger partial charge on any atom is -0.465 e. The summed E-state index contributed by atoms with van der Waals surface area (Å²) in [6, 6.07) is 1.97. The van der Waals surface area contributed by atoms with Gasteiger partial charge < -0.3 is 10.4 Å². The fraction of sp³-hybridized carbons (Fsp3) is 0.467. The number of nitrogens with zero attached hydrogens (tertiary/aromatic N) is 1. The van der Waals surface area contributed by atoms with Crippen molar-refractivity contribution in [1.29, 1.82) is 0 Å². The van der Waals surface area contributed by atoms with Crippen LogP contribution in [0.25, 0.3) is 0 Å². The van der Waals surface area contributed by atoms with Crippen LogP contribution in [0, 0.1) is 11.6 Å². The van der Waals surface area contributed by atoms with E-state index >= 15 is 0 Å². The van der Waals surface area contributed by atoms with Crippen LogP contribution in [0.4, 0.5) is 26.7 Å². The molecule has 1 fully saturated rings. The highest BCUT2D eigenvalue weighted by molar-refractivity contribution is 5.85. The second kappa shape index (κ2) is 7.24. The average molecular weight is 366 g/mol. The van der Waals surface area contributed by atoms with E-state index in [1.54, 1.807) is 0 Å². The van der Waals surface area contributed by atoms with Crippen molar-refractivity contribution in [3.8, 4) is 0 Å². The molecule has 1 aliphatic heterocycles. The number of benzene rings is 1. The third kappa shape index (κ3) is 4.58. The molecule has 0 aliphatic carbocycles. The zero-order valence-electron chi connectivity index (χ0n) is 12.8. The smallest absolute Gasteiger partial charge is 0.408 e. The van der Waals surface area contributed by atoms with Gasteiger partial charge in [-0.2, -0.15) is 13.2 Å². The van der Waals surface area contributed by atoms with Gasteiger partial charge in [0, 0.05) is 12.5 Å². The van der Waals surface area contributed by atoms with Gasteiger partial charge in [0.25, 0.3) is 0 Å². The quantitative estimate of drug-likeness (QED) is 0.809. The maximum absolute atomic E-state index is 13.9. The Bertz CT molecular complexity index is 665. The summed E-state index contributed by atoms with van der Waals surface area (Å²) in [6.07, 6.45) is -6.91. The Kier molecular flexibility index (Phi) is 5.48. The third-order valence-electron chi connectivity index (χ3n) is 4.01. The first-order chi connectivity index (χ1) is 11.6. The summed E-state index contributed by atoms with van der Waals surface area (Å²) < 4.78 is 64.9. The Hall–Kier alpha value is -2.39. The summed E-state index contributed by atoms with van der Waals surface area (Å²) >= 11 is 0. The molecule has 0 spiro atoms. The van der Waals surface area contributed by atoms with Gasteiger partial charge in [-0.1, -0.05) is 12.1 Å². The molecule has 2 rings (SSSR count). The molecular formula is C15H15F5N2O3. The first-order valence-corrected chi connectivity index (χ1v) is 7.38. The number of nitrogens with one attached hydrogen (secondary N) is 1. The zero-order valence-corrected chi connectivity index (χ0v) is 12.8. The molecule has 138 valence electrons. The minimum absolute atomic E-state index is 0.0135. The number of alkyl halides is 3. The predicted octanol–water partition coefficient (Wildman–Crippen LogP) is 2.87. The Morgan fingerprint density at radius 2 is 1.96 bits per heavy atom. The molecule has 0 saturated carbocycles. The van der Waals surface area contributed by atoms with E-state index in [4.69, 9.17) is 5.11 Å². The van der Waals surface area contributed by atoms with Crippen molar-refractivity contribution >= 4 is 12.0 Å². The van der Waals surface area contributed by atoms with E-state index in [0.717, 1.165) is 6.07 Å². The normalized spacial score (nSPS) is 21.4. The van der Waals surface area contributed by atoms with Gasteiger partial charge in [0.05, 0.1) is 0 Å². The predicted molar refractivity (Wildman–Crippen MR) is 75.9 cm³/mol. The van der Waals surface area contributed by atoms with Crippen LogP contribution in [0.3, 0.4) is 0 Å². The maximum Gasteiger partial charge on any atom is 0.408 e. The number of hydrogen-bond donors (Lipinski definition) is 2. The zero-order chi connectivity index (χ0) is 18.8. The highest BCUT2D eigenvalue weighted by Gasteiger charge is 2.40. The molecule has 2 atom stereocenters. The molecule has 25 heavy (non-hydrogen) atoms. The molecule has 1 heterocycles. The van der Waals surface area contributed by atoms with Gasteiger partial charge in [0.15, 0.2) is 11.6 Å². The lowest BCUT2D eigenvalue weighted by molar-refractivity contribution is -0.150. The largest absolute Gasteiger partial charge is 0.465 e. The van der Waals surface area contributed by atoms with Gasteiger partial charge in [0.2, 0.25) is 5.91 Å². The number of rotatable bonds is 3. The van der Waals surface area contributed by atoms with E-state index in [0.29, 0.717) is 0 Å². The van der Waals surface area contributed by atoms with Gasteiger partial charge in [-0.05, 0) is 24.5 Å². The highest BCUT2D eigenvalue weighted by atomic mass is 19.4. The molecule has 5 nitrogen and oxygen atoms in total. The summed E-state index contributed by atoms with van der Waals surface area (Å²) in [4.78, 5) is 23.2. The first kappa shape index (κ1) is 18.9. The maximum atomic E-state index is 13.9. The third-order valence-corrected chi connectivity index (χ3v) is 4.01. The van der Waals surface area contributed by atoms with Gasteiger partial charge in [-0.3, -0.25) is 9.69 Å². The van der Waals surface area contributed by atoms with Crippen LogP contribution in [-0.4, -0.2) is 47.3 Å². The molecule has 2 N–H and O–H groups in total. The number of halogens is 5. The molecule has 0 bridgehead atoms. The van der Waals surface area contributed by atoms with Crippen molar-refractivity contribution in [3.63, 3.8) is 0 Å². The Morgan fingerprint density at radius 1 is 1.28 bits per heavy atom. The van der Waals surface area contributed by atoms with Crippen LogP contribution in [0.5, 0.6) is 0 Å². The van der Waals surface area contributed by atoms with Gasteiger partial charge >= 0.3 is 12.3 Å². The first-order valence-electron chi connectivity index (χ1n) is 7.38. The second-order valence-electron chi connectivity index (χ2n) is 5.70. The molecule has 2 amide bonds.